The Hall–Kier alpha value is -5.97. The van der Waals surface area contributed by atoms with Crippen molar-refractivity contribution in [3.05, 3.63) is 197 Å². The number of ketones is 2. The number of nitrogens with zero attached hydrogens (tertiary/aromatic N) is 3. The van der Waals surface area contributed by atoms with Crippen molar-refractivity contribution in [3.63, 3.8) is 0 Å². The van der Waals surface area contributed by atoms with Crippen LogP contribution in [0.5, 0.6) is 17.2 Å². The fraction of sp³-hybridized carbons (Fsp3) is 0.116. The third kappa shape index (κ3) is 17.7. The fourth-order valence-electron chi connectivity index (χ4n) is 5.19. The van der Waals surface area contributed by atoms with E-state index in [-0.39, 0.29) is 41.5 Å². The predicted molar refractivity (Wildman–Crippen MR) is 254 cm³/mol. The van der Waals surface area contributed by atoms with Crippen molar-refractivity contribution in [3.8, 4) is 17.2 Å². The summed E-state index contributed by atoms with van der Waals surface area (Å²) >= 11 is 15.5. The molecule has 0 aliphatic carbocycles. The molecule has 0 saturated heterocycles. The molecule has 0 atom stereocenters. The largest absolute Gasteiger partial charge is 0.497 e. The van der Waals surface area contributed by atoms with Crippen molar-refractivity contribution in [2.24, 2.45) is 0 Å². The average molecular weight is 1130 g/mol. The van der Waals surface area contributed by atoms with Gasteiger partial charge < -0.3 is 19.9 Å². The summed E-state index contributed by atoms with van der Waals surface area (Å²) in [5.41, 5.74) is 8.47. The Balaban J connectivity index is 0.000000232. The molecule has 0 unspecified atom stereocenters. The molecule has 0 bridgehead atoms. The lowest BCUT2D eigenvalue weighted by Crippen LogP contribution is -2.04. The number of nitrogens with two attached hydrogens (primary N) is 1. The summed E-state index contributed by atoms with van der Waals surface area (Å²) in [6, 6.07) is 31.1. The van der Waals surface area contributed by atoms with Crippen LogP contribution in [0.1, 0.15) is 31.8 Å². The van der Waals surface area contributed by atoms with Crippen LogP contribution in [0, 0.1) is 43.3 Å². The molecule has 0 amide bonds. The van der Waals surface area contributed by atoms with Crippen molar-refractivity contribution >= 4 is 103 Å². The highest BCUT2D eigenvalue weighted by molar-refractivity contribution is 14.1. The summed E-state index contributed by atoms with van der Waals surface area (Å²) < 4.78 is 28.8. The minimum absolute atomic E-state index is 0.00449. The van der Waals surface area contributed by atoms with E-state index >= 15 is 0 Å². The van der Waals surface area contributed by atoms with E-state index in [9.17, 15) is 44.3 Å². The molecule has 20 heteroatoms. The molecule has 0 saturated carbocycles. The molecule has 63 heavy (non-hydrogen) atoms. The molecule has 0 aromatic heterocycles. The molecule has 0 heterocycles. The third-order valence-corrected chi connectivity index (χ3v) is 9.72. The van der Waals surface area contributed by atoms with Gasteiger partial charge in [0.25, 0.3) is 17.1 Å². The second-order valence-corrected chi connectivity index (χ2v) is 16.0. The monoisotopic (exact) mass is 1130 g/mol. The van der Waals surface area contributed by atoms with Gasteiger partial charge in [-0.05, 0) is 111 Å². The number of rotatable bonds is 12. The van der Waals surface area contributed by atoms with Crippen LogP contribution in [-0.2, 0) is 12.8 Å². The van der Waals surface area contributed by atoms with Gasteiger partial charge in [0.2, 0.25) is 0 Å². The van der Waals surface area contributed by atoms with E-state index in [1.807, 2.05) is 45.2 Å². The summed E-state index contributed by atoms with van der Waals surface area (Å²) in [6.45, 7) is 0. The number of nitro groups is 3. The first-order valence-corrected chi connectivity index (χ1v) is 20.6. The summed E-state index contributed by atoms with van der Waals surface area (Å²) in [4.78, 5) is 54.1. The SMILES string of the molecule is COc1cc(CC(=O)c2cccc(Cl)c2)cc([N+](=O)[O-])c1.COc1cc(I)cc([N+](=O)[O-])c1.COc1cc(N)cc(CC(=O)c2cccc(Cl)c2)c1.O=[N+]([O-])c1cc(F)cc(I)c1. The Bertz CT molecular complexity index is 2600. The first-order chi connectivity index (χ1) is 29.8. The van der Waals surface area contributed by atoms with Gasteiger partial charge in [0.15, 0.2) is 11.6 Å². The highest BCUT2D eigenvalue weighted by Gasteiger charge is 2.15. The van der Waals surface area contributed by atoms with E-state index in [1.54, 1.807) is 86.0 Å². The van der Waals surface area contributed by atoms with Crippen molar-refractivity contribution in [2.75, 3.05) is 27.1 Å². The van der Waals surface area contributed by atoms with E-state index in [0.29, 0.717) is 53.2 Å². The molecule has 15 nitrogen and oxygen atoms in total. The zero-order chi connectivity index (χ0) is 46.8. The quantitative estimate of drug-likeness (QED) is 0.0398. The molecular formula is C43H35Cl2FI2N4O11. The van der Waals surface area contributed by atoms with Gasteiger partial charge in [-0.1, -0.05) is 47.5 Å². The molecule has 0 radical (unpaired) electrons. The minimum Gasteiger partial charge on any atom is -0.497 e. The van der Waals surface area contributed by atoms with Gasteiger partial charge in [0.1, 0.15) is 23.1 Å². The average Bonchev–Trinajstić information content (AvgIpc) is 3.23. The van der Waals surface area contributed by atoms with Crippen LogP contribution in [0.2, 0.25) is 10.0 Å². The lowest BCUT2D eigenvalue weighted by molar-refractivity contribution is -0.385. The maximum absolute atomic E-state index is 12.5. The Morgan fingerprint density at radius 3 is 1.40 bits per heavy atom. The number of hydrogen-bond donors (Lipinski definition) is 1. The number of halogens is 5. The Kier molecular flexibility index (Phi) is 20.6. The maximum Gasteiger partial charge on any atom is 0.274 e. The van der Waals surface area contributed by atoms with Gasteiger partial charge in [-0.3, -0.25) is 39.9 Å². The van der Waals surface area contributed by atoms with Crippen molar-refractivity contribution in [2.45, 2.75) is 12.8 Å². The molecule has 2 N–H and O–H groups in total. The molecule has 0 aliphatic rings. The van der Waals surface area contributed by atoms with Crippen LogP contribution in [0.3, 0.4) is 0 Å². The first kappa shape index (κ1) is 51.4. The molecule has 0 spiro atoms. The topological polar surface area (TPSA) is 217 Å². The van der Waals surface area contributed by atoms with E-state index in [4.69, 9.17) is 43.1 Å². The molecular weight excluding hydrogens is 1090 g/mol. The van der Waals surface area contributed by atoms with Crippen molar-refractivity contribution in [1.29, 1.82) is 0 Å². The summed E-state index contributed by atoms with van der Waals surface area (Å²) in [5.74, 6) is 0.749. The highest BCUT2D eigenvalue weighted by atomic mass is 127. The lowest BCUT2D eigenvalue weighted by Gasteiger charge is -2.06. The number of hydrogen-bond acceptors (Lipinski definition) is 12. The maximum atomic E-state index is 12.5. The van der Waals surface area contributed by atoms with Crippen LogP contribution in [-0.4, -0.2) is 47.7 Å². The van der Waals surface area contributed by atoms with Crippen LogP contribution < -0.4 is 19.9 Å². The van der Waals surface area contributed by atoms with Crippen LogP contribution in [0.15, 0.2) is 121 Å². The van der Waals surface area contributed by atoms with Crippen LogP contribution >= 0.6 is 68.4 Å². The fourth-order valence-corrected chi connectivity index (χ4v) is 6.81. The summed E-state index contributed by atoms with van der Waals surface area (Å²) in [6.07, 6.45) is 0.306. The smallest absolute Gasteiger partial charge is 0.274 e. The number of methoxy groups -OCH3 is 3. The van der Waals surface area contributed by atoms with Gasteiger partial charge in [0, 0.05) is 71.1 Å². The highest BCUT2D eigenvalue weighted by Crippen LogP contribution is 2.26. The zero-order valence-electron chi connectivity index (χ0n) is 33.3. The Labute approximate surface area is 397 Å². The van der Waals surface area contributed by atoms with Crippen LogP contribution in [0.25, 0.3) is 0 Å². The standard InChI is InChI=1S/C15H12ClNO4.C15H14ClNO2.C7H6INO3.C6H3FINO2/c1-21-14-6-10(5-13(9-14)17(19)20)7-15(18)11-3-2-4-12(16)8-11;1-19-14-6-10(5-13(17)9-14)7-15(18)11-3-2-4-12(16)8-11;1-12-7-3-5(8)2-6(4-7)9(10)11;7-4-1-5(8)3-6(2-4)9(10)11/h2-6,8-9H,7H2,1H3;2-6,8-9H,7,17H2,1H3;2-4H,1H3;1-3H. The van der Waals surface area contributed by atoms with E-state index in [1.165, 1.54) is 50.6 Å². The third-order valence-electron chi connectivity index (χ3n) is 8.01. The predicted octanol–water partition coefficient (Wildman–Crippen LogP) is 11.6. The number of nitro benzene ring substituents is 3. The number of benzene rings is 6. The van der Waals surface area contributed by atoms with Gasteiger partial charge in [0.05, 0.1) is 54.3 Å². The number of carbonyl (C=O) groups is 2. The van der Waals surface area contributed by atoms with Gasteiger partial charge in [-0.25, -0.2) is 4.39 Å². The van der Waals surface area contributed by atoms with Crippen molar-refractivity contribution < 1.29 is 43.0 Å². The normalized spacial score (nSPS) is 9.97. The van der Waals surface area contributed by atoms with Gasteiger partial charge >= 0.3 is 0 Å². The number of carbonyl (C=O) groups excluding carboxylic acids is 2. The Morgan fingerprint density at radius 1 is 0.571 bits per heavy atom. The Morgan fingerprint density at radius 2 is 0.968 bits per heavy atom. The number of ether oxygens (including phenoxy) is 3. The lowest BCUT2D eigenvalue weighted by atomic mass is 10.0. The molecule has 0 fully saturated rings. The van der Waals surface area contributed by atoms with Gasteiger partial charge in [-0.2, -0.15) is 0 Å². The number of nitrogen functional groups attached to an aromatic ring is 1. The second-order valence-electron chi connectivity index (χ2n) is 12.6. The van der Waals surface area contributed by atoms with Crippen molar-refractivity contribution in [1.82, 2.24) is 0 Å². The number of anilines is 1. The molecule has 6 aromatic rings. The second kappa shape index (κ2) is 25.2. The molecule has 6 rings (SSSR count). The molecule has 0 aliphatic heterocycles. The summed E-state index contributed by atoms with van der Waals surface area (Å²) in [5, 5.41) is 32.4. The number of non-ortho nitro benzene ring substituents is 3. The molecule has 328 valence electrons. The molecule has 6 aromatic carbocycles. The minimum atomic E-state index is -0.620. The van der Waals surface area contributed by atoms with E-state index in [0.717, 1.165) is 15.2 Å². The summed E-state index contributed by atoms with van der Waals surface area (Å²) in [7, 11) is 4.47. The van der Waals surface area contributed by atoms with Gasteiger partial charge in [-0.15, -0.1) is 0 Å². The zero-order valence-corrected chi connectivity index (χ0v) is 39.1. The van der Waals surface area contributed by atoms with E-state index in [2.05, 4.69) is 0 Å². The first-order valence-electron chi connectivity index (χ1n) is 17.7. The van der Waals surface area contributed by atoms with Crippen LogP contribution in [0.4, 0.5) is 27.1 Å². The number of Topliss-reactive ketones (excluding diaryl/α,β-unsaturated/α-hetero) is 2. The van der Waals surface area contributed by atoms with E-state index < -0.39 is 20.6 Å².